The van der Waals surface area contributed by atoms with E-state index in [1.165, 1.54) is 0 Å². The molecular weight excluding hydrogens is 321 g/mol. The van der Waals surface area contributed by atoms with Gasteiger partial charge in [-0.2, -0.15) is 13.2 Å². The quantitative estimate of drug-likeness (QED) is 0.540. The van der Waals surface area contributed by atoms with Crippen molar-refractivity contribution >= 4 is 23.6 Å². The predicted molar refractivity (Wildman–Crippen MR) is 88.1 cm³/mol. The Labute approximate surface area is 137 Å². The van der Waals surface area contributed by atoms with Crippen LogP contribution in [0, 0.1) is 13.8 Å². The number of hydrogen-bond acceptors (Lipinski definition) is 2. The van der Waals surface area contributed by atoms with Crippen LogP contribution in [0.3, 0.4) is 0 Å². The summed E-state index contributed by atoms with van der Waals surface area (Å²) in [6.45, 7) is 3.63. The van der Waals surface area contributed by atoms with Gasteiger partial charge in [-0.15, -0.1) is 0 Å². The molecule has 2 aromatic carbocycles. The highest BCUT2D eigenvalue weighted by Gasteiger charge is 2.32. The number of alkyl halides is 3. The molecular formula is C18H15F3OS. The minimum atomic E-state index is -4.52. The first kappa shape index (κ1) is 17.3. The molecule has 1 nitrogen and oxygen atoms in total. The molecule has 0 fully saturated rings. The smallest absolute Gasteiger partial charge is 0.297 e. The summed E-state index contributed by atoms with van der Waals surface area (Å²) in [5.74, 6) is 0. The molecule has 0 heterocycles. The van der Waals surface area contributed by atoms with E-state index >= 15 is 0 Å². The van der Waals surface area contributed by atoms with Crippen LogP contribution in [0.15, 0.2) is 53.4 Å². The Hall–Kier alpha value is -2.01. The Balaban J connectivity index is 2.77. The summed E-state index contributed by atoms with van der Waals surface area (Å²) < 4.78 is 38.6. The number of benzene rings is 2. The lowest BCUT2D eigenvalue weighted by Crippen LogP contribution is -2.05. The first-order valence-corrected chi connectivity index (χ1v) is 7.72. The Morgan fingerprint density at radius 3 is 1.70 bits per heavy atom. The minimum absolute atomic E-state index is 0.284. The van der Waals surface area contributed by atoms with Crippen LogP contribution in [0.2, 0.25) is 0 Å². The molecule has 2 aromatic rings. The van der Waals surface area contributed by atoms with E-state index in [4.69, 9.17) is 0 Å². The Morgan fingerprint density at radius 1 is 0.913 bits per heavy atom. The van der Waals surface area contributed by atoms with E-state index in [-0.39, 0.29) is 23.0 Å². The molecule has 0 saturated heterocycles. The van der Waals surface area contributed by atoms with E-state index in [1.54, 1.807) is 24.3 Å². The van der Waals surface area contributed by atoms with Gasteiger partial charge < -0.3 is 0 Å². The predicted octanol–water partition coefficient (Wildman–Crippen LogP) is 5.51. The number of carbonyl (C=O) groups excluding carboxylic acids is 1. The van der Waals surface area contributed by atoms with E-state index in [1.807, 2.05) is 38.1 Å². The van der Waals surface area contributed by atoms with E-state index in [0.29, 0.717) is 16.7 Å². The monoisotopic (exact) mass is 336 g/mol. The maximum atomic E-state index is 12.9. The van der Waals surface area contributed by atoms with Gasteiger partial charge in [0.2, 0.25) is 0 Å². The molecule has 23 heavy (non-hydrogen) atoms. The summed E-state index contributed by atoms with van der Waals surface area (Å²) in [4.78, 5) is 11.1. The highest BCUT2D eigenvalue weighted by Crippen LogP contribution is 2.42. The molecule has 0 bridgehead atoms. The third-order valence-electron chi connectivity index (χ3n) is 3.41. The van der Waals surface area contributed by atoms with Gasteiger partial charge in [-0.05, 0) is 47.9 Å². The molecule has 0 aromatic heterocycles. The van der Waals surface area contributed by atoms with E-state index in [9.17, 15) is 18.0 Å². The van der Waals surface area contributed by atoms with E-state index < -0.39 is 5.51 Å². The van der Waals surface area contributed by atoms with Crippen molar-refractivity contribution in [2.45, 2.75) is 19.4 Å². The zero-order valence-corrected chi connectivity index (χ0v) is 13.5. The van der Waals surface area contributed by atoms with E-state index in [0.717, 1.165) is 11.1 Å². The van der Waals surface area contributed by atoms with Gasteiger partial charge in [-0.1, -0.05) is 48.5 Å². The summed E-state index contributed by atoms with van der Waals surface area (Å²) in [5.41, 5.74) is -1.33. The van der Waals surface area contributed by atoms with Crippen LogP contribution in [0.5, 0.6) is 0 Å². The molecule has 0 aliphatic heterocycles. The standard InChI is InChI=1S/C18H15F3OS/c1-12-7-3-5-9-14(12)17(15-10-6-4-8-13(15)2)16(11-22)23-18(19,20)21/h3-11H,1-2H3. The molecule has 0 atom stereocenters. The van der Waals surface area contributed by atoms with Crippen molar-refractivity contribution in [3.8, 4) is 0 Å². The summed E-state index contributed by atoms with van der Waals surface area (Å²) >= 11 is -0.371. The number of aldehydes is 1. The Morgan fingerprint density at radius 2 is 1.35 bits per heavy atom. The van der Waals surface area contributed by atoms with Crippen LogP contribution in [0.1, 0.15) is 22.3 Å². The molecule has 0 aliphatic rings. The molecule has 0 unspecified atom stereocenters. The number of aryl methyl sites for hydroxylation is 2. The first-order chi connectivity index (χ1) is 10.8. The fraction of sp³-hybridized carbons (Fsp3) is 0.167. The highest BCUT2D eigenvalue weighted by molar-refractivity contribution is 8.04. The molecule has 0 N–H and O–H groups in total. The molecule has 0 saturated carbocycles. The number of halogens is 3. The van der Waals surface area contributed by atoms with Crippen LogP contribution in [-0.4, -0.2) is 11.8 Å². The molecule has 5 heteroatoms. The van der Waals surface area contributed by atoms with Crippen molar-refractivity contribution in [2.75, 3.05) is 0 Å². The number of allylic oxidation sites excluding steroid dienone is 1. The highest BCUT2D eigenvalue weighted by atomic mass is 32.2. The van der Waals surface area contributed by atoms with E-state index in [2.05, 4.69) is 0 Å². The van der Waals surface area contributed by atoms with Crippen LogP contribution >= 0.6 is 11.8 Å². The lowest BCUT2D eigenvalue weighted by Gasteiger charge is -2.17. The Bertz CT molecular complexity index is 700. The number of carbonyl (C=O) groups is 1. The van der Waals surface area contributed by atoms with Crippen molar-refractivity contribution in [1.29, 1.82) is 0 Å². The van der Waals surface area contributed by atoms with Gasteiger partial charge in [0.1, 0.15) is 0 Å². The molecule has 0 spiro atoms. The summed E-state index contributed by atoms with van der Waals surface area (Å²) in [6.07, 6.45) is 0.284. The van der Waals surface area contributed by atoms with Gasteiger partial charge in [-0.25, -0.2) is 0 Å². The van der Waals surface area contributed by atoms with Crippen molar-refractivity contribution < 1.29 is 18.0 Å². The third kappa shape index (κ3) is 4.26. The number of thioether (sulfide) groups is 1. The second-order valence-electron chi connectivity index (χ2n) is 5.03. The van der Waals surface area contributed by atoms with Gasteiger partial charge in [0, 0.05) is 5.57 Å². The normalized spacial score (nSPS) is 11.2. The second-order valence-corrected chi connectivity index (χ2v) is 6.14. The van der Waals surface area contributed by atoms with Gasteiger partial charge in [0.15, 0.2) is 6.29 Å². The number of rotatable bonds is 4. The van der Waals surface area contributed by atoms with Crippen LogP contribution in [-0.2, 0) is 4.79 Å². The zero-order valence-electron chi connectivity index (χ0n) is 12.6. The molecule has 2 rings (SSSR count). The van der Waals surface area contributed by atoms with Gasteiger partial charge in [0.25, 0.3) is 0 Å². The largest absolute Gasteiger partial charge is 0.446 e. The lowest BCUT2D eigenvalue weighted by molar-refractivity contribution is -0.104. The fourth-order valence-electron chi connectivity index (χ4n) is 2.38. The fourth-order valence-corrected chi connectivity index (χ4v) is 3.00. The molecule has 0 amide bonds. The van der Waals surface area contributed by atoms with Crippen molar-refractivity contribution in [2.24, 2.45) is 0 Å². The van der Waals surface area contributed by atoms with Crippen LogP contribution in [0.25, 0.3) is 5.57 Å². The molecule has 0 radical (unpaired) electrons. The van der Waals surface area contributed by atoms with Crippen LogP contribution < -0.4 is 0 Å². The van der Waals surface area contributed by atoms with Gasteiger partial charge >= 0.3 is 5.51 Å². The minimum Gasteiger partial charge on any atom is -0.297 e. The average molecular weight is 336 g/mol. The summed E-state index contributed by atoms with van der Waals surface area (Å²) in [5, 5.41) is 0. The topological polar surface area (TPSA) is 17.1 Å². The summed E-state index contributed by atoms with van der Waals surface area (Å²) in [6, 6.07) is 14.2. The maximum absolute atomic E-state index is 12.9. The third-order valence-corrected chi connectivity index (χ3v) is 4.16. The SMILES string of the molecule is Cc1ccccc1C(=C(C=O)SC(F)(F)F)c1ccccc1C. The zero-order chi connectivity index (χ0) is 17.0. The summed E-state index contributed by atoms with van der Waals surface area (Å²) in [7, 11) is 0. The van der Waals surface area contributed by atoms with Crippen molar-refractivity contribution in [3.63, 3.8) is 0 Å². The lowest BCUT2D eigenvalue weighted by atomic mass is 9.91. The maximum Gasteiger partial charge on any atom is 0.446 e. The second kappa shape index (κ2) is 7.04. The van der Waals surface area contributed by atoms with Crippen molar-refractivity contribution in [3.05, 3.63) is 75.7 Å². The van der Waals surface area contributed by atoms with Crippen LogP contribution in [0.4, 0.5) is 13.2 Å². The van der Waals surface area contributed by atoms with Gasteiger partial charge in [-0.3, -0.25) is 4.79 Å². The first-order valence-electron chi connectivity index (χ1n) is 6.90. The van der Waals surface area contributed by atoms with Gasteiger partial charge in [0.05, 0.1) is 4.91 Å². The van der Waals surface area contributed by atoms with Crippen molar-refractivity contribution in [1.82, 2.24) is 0 Å². The Kier molecular flexibility index (Phi) is 5.31. The average Bonchev–Trinajstić information content (AvgIpc) is 2.49. The molecule has 120 valence electrons. The molecule has 0 aliphatic carbocycles. The number of hydrogen-bond donors (Lipinski definition) is 0.